The zero-order valence-corrected chi connectivity index (χ0v) is 10.8. The van der Waals surface area contributed by atoms with Crippen LogP contribution < -0.4 is 5.32 Å². The molecule has 2 rings (SSSR count). The van der Waals surface area contributed by atoms with Crippen LogP contribution >= 0.6 is 11.3 Å². The normalized spacial score (nSPS) is 10.3. The minimum atomic E-state index is -0.861. The zero-order chi connectivity index (χ0) is 13.0. The number of hydrogen-bond acceptors (Lipinski definition) is 4. The lowest BCUT2D eigenvalue weighted by atomic mass is 10.1. The molecule has 94 valence electrons. The number of aryl methyl sites for hydroxylation is 1. The van der Waals surface area contributed by atoms with Gasteiger partial charge < -0.3 is 10.4 Å². The molecule has 0 atom stereocenters. The van der Waals surface area contributed by atoms with E-state index in [0.29, 0.717) is 5.69 Å². The van der Waals surface area contributed by atoms with Gasteiger partial charge in [0.2, 0.25) is 0 Å². The molecule has 0 aliphatic carbocycles. The van der Waals surface area contributed by atoms with Gasteiger partial charge in [0.05, 0.1) is 12.1 Å². The number of benzene rings is 1. The van der Waals surface area contributed by atoms with Crippen LogP contribution in [0.15, 0.2) is 29.6 Å². The Balaban J connectivity index is 2.08. The summed E-state index contributed by atoms with van der Waals surface area (Å²) >= 11 is 1.41. The topological polar surface area (TPSA) is 62.2 Å². The van der Waals surface area contributed by atoms with Gasteiger partial charge in [-0.3, -0.25) is 4.79 Å². The van der Waals surface area contributed by atoms with Crippen molar-refractivity contribution in [1.29, 1.82) is 0 Å². The zero-order valence-electron chi connectivity index (χ0n) is 10.0. The Labute approximate surface area is 109 Å². The fourth-order valence-electron chi connectivity index (χ4n) is 1.59. The summed E-state index contributed by atoms with van der Waals surface area (Å²) in [6.45, 7) is 2.10. The molecule has 0 amide bonds. The van der Waals surface area contributed by atoms with Crippen LogP contribution in [-0.4, -0.2) is 16.1 Å². The molecule has 1 heterocycles. The molecule has 0 aliphatic heterocycles. The van der Waals surface area contributed by atoms with Crippen LogP contribution in [0.4, 0.5) is 10.8 Å². The second-order valence-electron chi connectivity index (χ2n) is 3.89. The maximum absolute atomic E-state index is 10.6. The van der Waals surface area contributed by atoms with Gasteiger partial charge in [0.25, 0.3) is 0 Å². The van der Waals surface area contributed by atoms with Crippen LogP contribution in [0.1, 0.15) is 18.2 Å². The third-order valence-electron chi connectivity index (χ3n) is 2.47. The van der Waals surface area contributed by atoms with Crippen molar-refractivity contribution in [2.45, 2.75) is 19.8 Å². The van der Waals surface area contributed by atoms with Crippen molar-refractivity contribution in [3.8, 4) is 0 Å². The Morgan fingerprint density at radius 1 is 1.50 bits per heavy atom. The maximum atomic E-state index is 10.6. The lowest BCUT2D eigenvalue weighted by molar-refractivity contribution is -0.136. The molecule has 0 radical (unpaired) electrons. The van der Waals surface area contributed by atoms with Crippen molar-refractivity contribution in [2.24, 2.45) is 0 Å². The number of nitrogens with one attached hydrogen (secondary N) is 1. The number of nitrogens with zero attached hydrogens (tertiary/aromatic N) is 1. The van der Waals surface area contributed by atoms with Crippen LogP contribution in [0.5, 0.6) is 0 Å². The van der Waals surface area contributed by atoms with Crippen LogP contribution in [0.2, 0.25) is 0 Å². The number of aliphatic carboxylic acids is 1. The number of rotatable bonds is 5. The maximum Gasteiger partial charge on any atom is 0.309 e. The number of aromatic nitrogens is 1. The summed E-state index contributed by atoms with van der Waals surface area (Å²) in [5.41, 5.74) is 2.81. The highest BCUT2D eigenvalue weighted by Crippen LogP contribution is 2.22. The molecule has 0 bridgehead atoms. The first-order chi connectivity index (χ1) is 8.67. The Morgan fingerprint density at radius 3 is 3.06 bits per heavy atom. The molecule has 2 N–H and O–H groups in total. The molecule has 0 aliphatic rings. The summed E-state index contributed by atoms with van der Waals surface area (Å²) in [7, 11) is 0. The Hall–Kier alpha value is -1.88. The number of anilines is 2. The first kappa shape index (κ1) is 12.6. The van der Waals surface area contributed by atoms with E-state index in [1.807, 2.05) is 12.1 Å². The van der Waals surface area contributed by atoms with Crippen LogP contribution in [0, 0.1) is 0 Å². The van der Waals surface area contributed by atoms with E-state index in [1.165, 1.54) is 16.9 Å². The van der Waals surface area contributed by atoms with Gasteiger partial charge in [0.15, 0.2) is 5.13 Å². The van der Waals surface area contributed by atoms with Crippen molar-refractivity contribution in [3.63, 3.8) is 0 Å². The first-order valence-corrected chi connectivity index (χ1v) is 6.57. The quantitative estimate of drug-likeness (QED) is 0.869. The highest BCUT2D eigenvalue weighted by atomic mass is 32.1. The Bertz CT molecular complexity index is 551. The number of hydrogen-bond donors (Lipinski definition) is 2. The van der Waals surface area contributed by atoms with Gasteiger partial charge in [0, 0.05) is 11.1 Å². The molecule has 0 saturated carbocycles. The molecular formula is C13H14N2O2S. The molecule has 2 aromatic rings. The highest BCUT2D eigenvalue weighted by molar-refractivity contribution is 7.13. The summed E-state index contributed by atoms with van der Waals surface area (Å²) in [4.78, 5) is 14.8. The largest absolute Gasteiger partial charge is 0.481 e. The molecule has 1 aromatic carbocycles. The fraction of sp³-hybridized carbons (Fsp3) is 0.231. The first-order valence-electron chi connectivity index (χ1n) is 5.69. The van der Waals surface area contributed by atoms with Crippen molar-refractivity contribution in [3.05, 3.63) is 40.9 Å². The molecule has 1 aromatic heterocycles. The summed E-state index contributed by atoms with van der Waals surface area (Å²) in [5, 5.41) is 14.4. The summed E-state index contributed by atoms with van der Waals surface area (Å²) in [5.74, 6) is -0.861. The van der Waals surface area contributed by atoms with Crippen molar-refractivity contribution in [1.82, 2.24) is 4.98 Å². The van der Waals surface area contributed by atoms with Crippen molar-refractivity contribution in [2.75, 3.05) is 5.32 Å². The minimum Gasteiger partial charge on any atom is -0.481 e. The lowest BCUT2D eigenvalue weighted by Crippen LogP contribution is -2.00. The molecule has 0 unspecified atom stereocenters. The standard InChI is InChI=1S/C13H14N2O2S/c1-2-9-4-3-5-10(6-9)14-13-15-11(8-18-13)7-12(16)17/h3-6,8H,2,7H2,1H3,(H,14,15)(H,16,17). The molecule has 0 spiro atoms. The van der Waals surface area contributed by atoms with Crippen LogP contribution in [0.25, 0.3) is 0 Å². The predicted molar refractivity (Wildman–Crippen MR) is 72.6 cm³/mol. The molecule has 4 nitrogen and oxygen atoms in total. The SMILES string of the molecule is CCc1cccc(Nc2nc(CC(=O)O)cs2)c1. The number of carbonyl (C=O) groups is 1. The fourth-order valence-corrected chi connectivity index (χ4v) is 2.32. The summed E-state index contributed by atoms with van der Waals surface area (Å²) in [6, 6.07) is 8.10. The third kappa shape index (κ3) is 3.30. The van der Waals surface area contributed by atoms with Crippen LogP contribution in [-0.2, 0) is 17.6 Å². The van der Waals surface area contributed by atoms with Gasteiger partial charge in [-0.2, -0.15) is 0 Å². The van der Waals surface area contributed by atoms with E-state index in [0.717, 1.165) is 17.2 Å². The Kier molecular flexibility index (Phi) is 3.94. The van der Waals surface area contributed by atoms with E-state index in [1.54, 1.807) is 5.38 Å². The number of carboxylic acid groups (broad SMARTS) is 1. The number of thiazole rings is 1. The second kappa shape index (κ2) is 5.64. The average Bonchev–Trinajstić information content (AvgIpc) is 2.76. The monoisotopic (exact) mass is 262 g/mol. The average molecular weight is 262 g/mol. The van der Waals surface area contributed by atoms with Crippen LogP contribution in [0.3, 0.4) is 0 Å². The molecular weight excluding hydrogens is 248 g/mol. The molecule has 0 saturated heterocycles. The van der Waals surface area contributed by atoms with E-state index in [-0.39, 0.29) is 6.42 Å². The van der Waals surface area contributed by atoms with Gasteiger partial charge in [-0.15, -0.1) is 11.3 Å². The van der Waals surface area contributed by atoms with Gasteiger partial charge in [-0.25, -0.2) is 4.98 Å². The highest BCUT2D eigenvalue weighted by Gasteiger charge is 2.06. The Morgan fingerprint density at radius 2 is 2.33 bits per heavy atom. The summed E-state index contributed by atoms with van der Waals surface area (Å²) < 4.78 is 0. The predicted octanol–water partition coefficient (Wildman–Crippen LogP) is 3.08. The minimum absolute atomic E-state index is 0.0345. The molecule has 5 heteroatoms. The van der Waals surface area contributed by atoms with E-state index in [9.17, 15) is 4.79 Å². The molecule has 0 fully saturated rings. The second-order valence-corrected chi connectivity index (χ2v) is 4.75. The number of carboxylic acids is 1. The van der Waals surface area contributed by atoms with E-state index < -0.39 is 5.97 Å². The van der Waals surface area contributed by atoms with E-state index in [4.69, 9.17) is 5.11 Å². The lowest BCUT2D eigenvalue weighted by Gasteiger charge is -2.04. The van der Waals surface area contributed by atoms with Crippen molar-refractivity contribution >= 4 is 28.1 Å². The van der Waals surface area contributed by atoms with E-state index >= 15 is 0 Å². The molecule has 18 heavy (non-hydrogen) atoms. The van der Waals surface area contributed by atoms with Crippen molar-refractivity contribution < 1.29 is 9.90 Å². The smallest absolute Gasteiger partial charge is 0.309 e. The van der Waals surface area contributed by atoms with E-state index in [2.05, 4.69) is 29.4 Å². The summed E-state index contributed by atoms with van der Waals surface area (Å²) in [6.07, 6.45) is 0.949. The van der Waals surface area contributed by atoms with Gasteiger partial charge in [-0.05, 0) is 24.1 Å². The third-order valence-corrected chi connectivity index (χ3v) is 3.28. The van der Waals surface area contributed by atoms with Gasteiger partial charge in [-0.1, -0.05) is 19.1 Å². The van der Waals surface area contributed by atoms with Gasteiger partial charge >= 0.3 is 5.97 Å². The van der Waals surface area contributed by atoms with Gasteiger partial charge in [0.1, 0.15) is 0 Å².